The van der Waals surface area contributed by atoms with Gasteiger partial charge in [0.2, 0.25) is 27.2 Å². The molecule has 454 valence electrons. The zero-order chi connectivity index (χ0) is 62.8. The Labute approximate surface area is 492 Å². The molecule has 0 radical (unpaired) electrons. The van der Waals surface area contributed by atoms with E-state index in [2.05, 4.69) is 0 Å². The minimum absolute atomic E-state index is 0.0921. The van der Waals surface area contributed by atoms with Crippen LogP contribution in [0.3, 0.4) is 0 Å². The fourth-order valence-electron chi connectivity index (χ4n) is 6.84. The van der Waals surface area contributed by atoms with Gasteiger partial charge in [0.05, 0.1) is 33.9 Å². The molecule has 0 aliphatic heterocycles. The third kappa shape index (κ3) is 23.6. The van der Waals surface area contributed by atoms with Crippen molar-refractivity contribution >= 4 is 47.6 Å². The number of hydrogen-bond acceptors (Lipinski definition) is 16. The molecule has 0 aliphatic carbocycles. The van der Waals surface area contributed by atoms with Crippen molar-refractivity contribution < 1.29 is 76.1 Å². The van der Waals surface area contributed by atoms with E-state index >= 15 is 0 Å². The van der Waals surface area contributed by atoms with Gasteiger partial charge in [0, 0.05) is 39.9 Å². The van der Waals surface area contributed by atoms with E-state index in [1.54, 1.807) is 156 Å². The highest BCUT2D eigenvalue weighted by atomic mass is 16.7. The molecule has 16 heteroatoms. The van der Waals surface area contributed by atoms with Gasteiger partial charge in [-0.15, -0.1) is 0 Å². The summed E-state index contributed by atoms with van der Waals surface area (Å²) in [7, 11) is 0. The Morgan fingerprint density at radius 3 is 1.02 bits per heavy atom. The molecule has 16 nitrogen and oxygen atoms in total. The topological polar surface area (TPSA) is 195 Å². The van der Waals surface area contributed by atoms with Crippen LogP contribution in [0.4, 0.5) is 0 Å². The second kappa shape index (κ2) is 30.1. The standard InChI is InChI=1S/C34H46O8.C33H44O8/c1-22(2)42-28-19-29(39-21-41-31(37)34(9,10)11)26(32(3,4)5)18-24(28)14-17-27(35)23-12-15-25(16-13-23)38-20-40-30(36)33(6,7)8;1-21(2)26-17-24(28(41-22(3)4)18-29(26)38-20-40-31(36)33(8,9)10)13-16-27(34)23-11-14-25(15-12-23)37-19-39-30(35)32(5,6)7/h12-19,22H,20-21H2,1-11H3;11-18,21-22H,19-20H2,1-10H3/b17-14+;16-13+. The molecular formula is C67H90O16. The highest BCUT2D eigenvalue weighted by molar-refractivity contribution is 6.07. The maximum atomic E-state index is 13.0. The van der Waals surface area contributed by atoms with Gasteiger partial charge in [-0.3, -0.25) is 28.8 Å². The number of esters is 4. The first-order chi connectivity index (χ1) is 38.3. The van der Waals surface area contributed by atoms with Gasteiger partial charge >= 0.3 is 23.9 Å². The van der Waals surface area contributed by atoms with Crippen molar-refractivity contribution in [2.24, 2.45) is 21.7 Å². The molecule has 0 aliphatic rings. The van der Waals surface area contributed by atoms with Crippen LogP contribution >= 0.6 is 0 Å². The minimum atomic E-state index is -0.641. The molecule has 0 saturated carbocycles. The van der Waals surface area contributed by atoms with Crippen molar-refractivity contribution in [1.29, 1.82) is 0 Å². The summed E-state index contributed by atoms with van der Waals surface area (Å²) >= 11 is 0. The molecule has 0 heterocycles. The van der Waals surface area contributed by atoms with E-state index in [4.69, 9.17) is 47.4 Å². The molecule has 0 fully saturated rings. The summed E-state index contributed by atoms with van der Waals surface area (Å²) < 4.78 is 55.6. The van der Waals surface area contributed by atoms with Crippen LogP contribution in [-0.2, 0) is 43.5 Å². The summed E-state index contributed by atoms with van der Waals surface area (Å²) in [5.74, 6) is 1.35. The van der Waals surface area contributed by atoms with Crippen molar-refractivity contribution in [2.75, 3.05) is 27.2 Å². The molecule has 0 aromatic heterocycles. The smallest absolute Gasteiger partial charge is 0.314 e. The minimum Gasteiger partial charge on any atom is -0.490 e. The number of allylic oxidation sites excluding steroid dienone is 2. The van der Waals surface area contributed by atoms with Crippen LogP contribution in [-0.4, -0.2) is 74.8 Å². The van der Waals surface area contributed by atoms with Gasteiger partial charge in [-0.25, -0.2) is 0 Å². The van der Waals surface area contributed by atoms with E-state index in [-0.39, 0.29) is 86.2 Å². The van der Waals surface area contributed by atoms with E-state index in [0.29, 0.717) is 51.2 Å². The molecule has 4 aromatic rings. The number of benzene rings is 4. The molecule has 0 bridgehead atoms. The van der Waals surface area contributed by atoms with Crippen molar-refractivity contribution in [3.63, 3.8) is 0 Å². The lowest BCUT2D eigenvalue weighted by Crippen LogP contribution is -2.25. The van der Waals surface area contributed by atoms with Gasteiger partial charge in [0.15, 0.2) is 11.6 Å². The molecule has 4 aromatic carbocycles. The van der Waals surface area contributed by atoms with E-state index in [9.17, 15) is 28.8 Å². The zero-order valence-corrected chi connectivity index (χ0v) is 52.8. The maximum Gasteiger partial charge on any atom is 0.314 e. The van der Waals surface area contributed by atoms with Crippen LogP contribution in [0, 0.1) is 21.7 Å². The summed E-state index contributed by atoms with van der Waals surface area (Å²) in [6.07, 6.45) is 6.15. The number of carbonyl (C=O) groups is 6. The Hall–Kier alpha value is -7.62. The van der Waals surface area contributed by atoms with Crippen LogP contribution in [0.25, 0.3) is 12.2 Å². The SMILES string of the molecule is CC(C)Oc1cc(OCOC(=O)C(C)(C)C)c(C(C)(C)C)cc1/C=C/C(=O)c1ccc(OCOC(=O)C(C)(C)C)cc1.CC(C)Oc1cc(OCOC(=O)C(C)(C)C)c(C(C)C)cc1/C=C/C(=O)c1ccc(OCOC(=O)C(C)(C)C)cc1. The van der Waals surface area contributed by atoms with Gasteiger partial charge in [-0.1, -0.05) is 34.6 Å². The van der Waals surface area contributed by atoms with Crippen molar-refractivity contribution in [3.05, 3.63) is 118 Å². The largest absolute Gasteiger partial charge is 0.490 e. The van der Waals surface area contributed by atoms with Gasteiger partial charge in [-0.05, 0) is 213 Å². The summed E-state index contributed by atoms with van der Waals surface area (Å²) in [6.45, 7) is 38.2. The lowest BCUT2D eigenvalue weighted by molar-refractivity contribution is -0.160. The van der Waals surface area contributed by atoms with Gasteiger partial charge < -0.3 is 47.4 Å². The fraction of sp³-hybridized carbons (Fsp3) is 0.493. The van der Waals surface area contributed by atoms with Gasteiger partial charge in [0.1, 0.15) is 34.5 Å². The summed E-state index contributed by atoms with van der Waals surface area (Å²) in [6, 6.07) is 20.6. The molecule has 83 heavy (non-hydrogen) atoms. The Morgan fingerprint density at radius 2 is 0.711 bits per heavy atom. The Balaban J connectivity index is 0.000000435. The molecule has 0 unspecified atom stereocenters. The first-order valence-corrected chi connectivity index (χ1v) is 27.8. The third-order valence-electron chi connectivity index (χ3n) is 11.6. The quantitative estimate of drug-likeness (QED) is 0.0223. The lowest BCUT2D eigenvalue weighted by Gasteiger charge is -2.25. The van der Waals surface area contributed by atoms with Gasteiger partial charge in [-0.2, -0.15) is 0 Å². The molecule has 0 N–H and O–H groups in total. The zero-order valence-electron chi connectivity index (χ0n) is 52.8. The van der Waals surface area contributed by atoms with Gasteiger partial charge in [0.25, 0.3) is 0 Å². The van der Waals surface area contributed by atoms with Crippen LogP contribution < -0.4 is 28.4 Å². The molecule has 0 spiro atoms. The second-order valence-electron chi connectivity index (χ2n) is 25.8. The lowest BCUT2D eigenvalue weighted by atomic mass is 9.85. The number of carbonyl (C=O) groups excluding carboxylic acids is 6. The number of hydrogen-bond donors (Lipinski definition) is 0. The monoisotopic (exact) mass is 1150 g/mol. The van der Waals surface area contributed by atoms with Crippen molar-refractivity contribution in [1.82, 2.24) is 0 Å². The highest BCUT2D eigenvalue weighted by Crippen LogP contribution is 2.39. The number of rotatable bonds is 23. The summed E-state index contributed by atoms with van der Waals surface area (Å²) in [4.78, 5) is 74.0. The average molecular weight is 1150 g/mol. The molecule has 0 amide bonds. The summed E-state index contributed by atoms with van der Waals surface area (Å²) in [5.41, 5.74) is 1.29. The van der Waals surface area contributed by atoms with Crippen LogP contribution in [0.1, 0.15) is 194 Å². The Morgan fingerprint density at radius 1 is 0.398 bits per heavy atom. The molecule has 0 atom stereocenters. The van der Waals surface area contributed by atoms with E-state index < -0.39 is 21.7 Å². The Kier molecular flexibility index (Phi) is 25.2. The predicted molar refractivity (Wildman–Crippen MR) is 321 cm³/mol. The highest BCUT2D eigenvalue weighted by Gasteiger charge is 2.28. The van der Waals surface area contributed by atoms with Crippen molar-refractivity contribution in [2.45, 2.75) is 169 Å². The average Bonchev–Trinajstić information content (AvgIpc) is 3.40. The van der Waals surface area contributed by atoms with Crippen molar-refractivity contribution in [3.8, 4) is 34.5 Å². The van der Waals surface area contributed by atoms with Crippen LogP contribution in [0.15, 0.2) is 84.9 Å². The molecule has 4 rings (SSSR count). The summed E-state index contributed by atoms with van der Waals surface area (Å²) in [5, 5.41) is 0. The number of ketones is 2. The predicted octanol–water partition coefficient (Wildman–Crippen LogP) is 14.9. The molecule has 0 saturated heterocycles. The maximum absolute atomic E-state index is 13.0. The van der Waals surface area contributed by atoms with Crippen LogP contribution in [0.2, 0.25) is 0 Å². The first kappa shape index (κ1) is 69.6. The molecular weight excluding hydrogens is 1060 g/mol. The fourth-order valence-corrected chi connectivity index (χ4v) is 6.84. The Bertz CT molecular complexity index is 2890. The van der Waals surface area contributed by atoms with Crippen LogP contribution in [0.5, 0.6) is 34.5 Å². The third-order valence-corrected chi connectivity index (χ3v) is 11.6. The van der Waals surface area contributed by atoms with E-state index in [1.807, 2.05) is 74.4 Å². The second-order valence-corrected chi connectivity index (χ2v) is 25.8. The van der Waals surface area contributed by atoms with E-state index in [0.717, 1.165) is 16.7 Å². The first-order valence-electron chi connectivity index (χ1n) is 27.8. The number of ether oxygens (including phenoxy) is 10. The normalized spacial score (nSPS) is 12.1. The van der Waals surface area contributed by atoms with E-state index in [1.165, 1.54) is 12.2 Å².